The van der Waals surface area contributed by atoms with Crippen LogP contribution in [0.1, 0.15) is 13.8 Å². The summed E-state index contributed by atoms with van der Waals surface area (Å²) < 4.78 is 38.5. The maximum Gasteiger partial charge on any atom is 0.227 e. The zero-order valence-electron chi connectivity index (χ0n) is 8.27. The molecule has 0 aliphatic heterocycles. The van der Waals surface area contributed by atoms with Gasteiger partial charge in [-0.25, -0.2) is 13.2 Å². The van der Waals surface area contributed by atoms with Crippen molar-refractivity contribution < 1.29 is 18.0 Å². The summed E-state index contributed by atoms with van der Waals surface area (Å²) in [4.78, 5) is 11.2. The average molecular weight is 217 g/mol. The van der Waals surface area contributed by atoms with Crippen LogP contribution in [0.15, 0.2) is 12.1 Å². The first-order chi connectivity index (χ1) is 6.91. The van der Waals surface area contributed by atoms with E-state index in [1.807, 2.05) is 0 Å². The van der Waals surface area contributed by atoms with Crippen LogP contribution in [0.4, 0.5) is 18.9 Å². The maximum atomic E-state index is 13.0. The first-order valence-electron chi connectivity index (χ1n) is 4.37. The van der Waals surface area contributed by atoms with Crippen LogP contribution >= 0.6 is 0 Å². The number of rotatable bonds is 2. The van der Waals surface area contributed by atoms with Gasteiger partial charge in [0.2, 0.25) is 5.91 Å². The summed E-state index contributed by atoms with van der Waals surface area (Å²) in [5, 5.41) is 2.10. The van der Waals surface area contributed by atoms with Crippen molar-refractivity contribution in [3.05, 3.63) is 29.6 Å². The summed E-state index contributed by atoms with van der Waals surface area (Å²) in [7, 11) is 0. The van der Waals surface area contributed by atoms with Crippen LogP contribution in [0.5, 0.6) is 0 Å². The lowest BCUT2D eigenvalue weighted by Crippen LogP contribution is -2.19. The molecule has 1 amide bonds. The van der Waals surface area contributed by atoms with Crippen LogP contribution in [0, 0.1) is 23.4 Å². The van der Waals surface area contributed by atoms with Crippen LogP contribution in [-0.2, 0) is 4.79 Å². The van der Waals surface area contributed by atoms with Gasteiger partial charge < -0.3 is 5.32 Å². The van der Waals surface area contributed by atoms with Gasteiger partial charge in [-0.15, -0.1) is 0 Å². The maximum absolute atomic E-state index is 13.0. The molecule has 0 saturated carbocycles. The Hall–Kier alpha value is -1.52. The fraction of sp³-hybridized carbons (Fsp3) is 0.300. The van der Waals surface area contributed by atoms with E-state index < -0.39 is 35.0 Å². The van der Waals surface area contributed by atoms with Crippen LogP contribution in [0.3, 0.4) is 0 Å². The van der Waals surface area contributed by atoms with Crippen LogP contribution in [-0.4, -0.2) is 5.91 Å². The normalized spacial score (nSPS) is 10.5. The molecule has 0 spiro atoms. The number of amides is 1. The standard InChI is InChI=1S/C10H10F3NO/c1-5(2)10(15)14-8-4-6(11)3-7(12)9(8)13/h3-5H,1-2H3,(H,14,15). The lowest BCUT2D eigenvalue weighted by Gasteiger charge is -2.08. The summed E-state index contributed by atoms with van der Waals surface area (Å²) in [5.74, 6) is -4.41. The van der Waals surface area contributed by atoms with Gasteiger partial charge in [-0.1, -0.05) is 13.8 Å². The molecule has 1 rings (SSSR count). The number of halogens is 3. The second-order valence-electron chi connectivity index (χ2n) is 3.39. The number of hydrogen-bond donors (Lipinski definition) is 1. The topological polar surface area (TPSA) is 29.1 Å². The Labute approximate surface area is 85.1 Å². The molecular formula is C10H10F3NO. The molecule has 0 bridgehead atoms. The van der Waals surface area contributed by atoms with Crippen molar-refractivity contribution in [1.29, 1.82) is 0 Å². The smallest absolute Gasteiger partial charge is 0.227 e. The Morgan fingerprint density at radius 1 is 1.27 bits per heavy atom. The van der Waals surface area contributed by atoms with Crippen LogP contribution in [0.2, 0.25) is 0 Å². The fourth-order valence-electron chi connectivity index (χ4n) is 0.924. The highest BCUT2D eigenvalue weighted by Gasteiger charge is 2.14. The molecule has 0 radical (unpaired) electrons. The third kappa shape index (κ3) is 2.71. The summed E-state index contributed by atoms with van der Waals surface area (Å²) in [6.45, 7) is 3.17. The van der Waals surface area contributed by atoms with E-state index in [4.69, 9.17) is 0 Å². The number of nitrogens with one attached hydrogen (secondary N) is 1. The highest BCUT2D eigenvalue weighted by atomic mass is 19.2. The molecule has 5 heteroatoms. The number of anilines is 1. The van der Waals surface area contributed by atoms with Crippen molar-refractivity contribution in [2.24, 2.45) is 5.92 Å². The SMILES string of the molecule is CC(C)C(=O)Nc1cc(F)cc(F)c1F. The van der Waals surface area contributed by atoms with Gasteiger partial charge in [0.05, 0.1) is 5.69 Å². The van der Waals surface area contributed by atoms with Gasteiger partial charge in [0.1, 0.15) is 5.82 Å². The number of carbonyl (C=O) groups excluding carboxylic acids is 1. The molecule has 0 fully saturated rings. The second kappa shape index (κ2) is 4.33. The Kier molecular flexibility index (Phi) is 3.34. The molecule has 0 unspecified atom stereocenters. The minimum atomic E-state index is -1.32. The molecule has 0 aliphatic carbocycles. The molecule has 0 aliphatic rings. The first kappa shape index (κ1) is 11.6. The number of hydrogen-bond acceptors (Lipinski definition) is 1. The summed E-state index contributed by atoms with van der Waals surface area (Å²) >= 11 is 0. The van der Waals surface area contributed by atoms with Gasteiger partial charge in [-0.05, 0) is 0 Å². The van der Waals surface area contributed by atoms with E-state index in [2.05, 4.69) is 5.32 Å². The predicted molar refractivity (Wildman–Crippen MR) is 49.8 cm³/mol. The second-order valence-corrected chi connectivity index (χ2v) is 3.39. The molecule has 1 aromatic carbocycles. The minimum Gasteiger partial charge on any atom is -0.323 e. The highest BCUT2D eigenvalue weighted by Crippen LogP contribution is 2.19. The van der Waals surface area contributed by atoms with E-state index in [1.54, 1.807) is 13.8 Å². The summed E-state index contributed by atoms with van der Waals surface area (Å²) in [6, 6.07) is 1.15. The van der Waals surface area contributed by atoms with Gasteiger partial charge in [0, 0.05) is 18.1 Å². The van der Waals surface area contributed by atoms with Crippen molar-refractivity contribution in [2.75, 3.05) is 5.32 Å². The molecule has 82 valence electrons. The molecule has 1 N–H and O–H groups in total. The molecule has 1 aromatic rings. The lowest BCUT2D eigenvalue weighted by atomic mass is 10.2. The molecule has 2 nitrogen and oxygen atoms in total. The predicted octanol–water partition coefficient (Wildman–Crippen LogP) is 2.70. The molecule has 15 heavy (non-hydrogen) atoms. The quantitative estimate of drug-likeness (QED) is 0.758. The van der Waals surface area contributed by atoms with Crippen molar-refractivity contribution in [1.82, 2.24) is 0 Å². The van der Waals surface area contributed by atoms with Gasteiger partial charge >= 0.3 is 0 Å². The largest absolute Gasteiger partial charge is 0.323 e. The average Bonchev–Trinajstić information content (AvgIpc) is 2.13. The van der Waals surface area contributed by atoms with Crippen molar-refractivity contribution in [3.63, 3.8) is 0 Å². The Balaban J connectivity index is 2.99. The Morgan fingerprint density at radius 3 is 2.40 bits per heavy atom. The molecule has 0 aromatic heterocycles. The molecule has 0 heterocycles. The Bertz CT molecular complexity index is 390. The Morgan fingerprint density at radius 2 is 1.87 bits per heavy atom. The van der Waals surface area contributed by atoms with E-state index in [1.165, 1.54) is 0 Å². The van der Waals surface area contributed by atoms with Crippen molar-refractivity contribution >= 4 is 11.6 Å². The van der Waals surface area contributed by atoms with E-state index in [0.29, 0.717) is 6.07 Å². The monoisotopic (exact) mass is 217 g/mol. The zero-order chi connectivity index (χ0) is 11.6. The van der Waals surface area contributed by atoms with Gasteiger partial charge in [0.25, 0.3) is 0 Å². The fourth-order valence-corrected chi connectivity index (χ4v) is 0.924. The van der Waals surface area contributed by atoms with Crippen LogP contribution in [0.25, 0.3) is 0 Å². The minimum absolute atomic E-state index is 0.393. The molecule has 0 saturated heterocycles. The molecule has 0 atom stereocenters. The van der Waals surface area contributed by atoms with E-state index in [-0.39, 0.29) is 0 Å². The molecular weight excluding hydrogens is 207 g/mol. The summed E-state index contributed by atoms with van der Waals surface area (Å²) in [6.07, 6.45) is 0. The summed E-state index contributed by atoms with van der Waals surface area (Å²) in [5.41, 5.74) is -0.480. The number of carbonyl (C=O) groups is 1. The first-order valence-corrected chi connectivity index (χ1v) is 4.37. The van der Waals surface area contributed by atoms with E-state index >= 15 is 0 Å². The third-order valence-electron chi connectivity index (χ3n) is 1.78. The zero-order valence-corrected chi connectivity index (χ0v) is 8.27. The number of benzene rings is 1. The van der Waals surface area contributed by atoms with E-state index in [9.17, 15) is 18.0 Å². The van der Waals surface area contributed by atoms with Gasteiger partial charge in [0.15, 0.2) is 11.6 Å². The van der Waals surface area contributed by atoms with Crippen LogP contribution < -0.4 is 5.32 Å². The van der Waals surface area contributed by atoms with E-state index in [0.717, 1.165) is 6.07 Å². The van der Waals surface area contributed by atoms with Crippen molar-refractivity contribution in [3.8, 4) is 0 Å². The third-order valence-corrected chi connectivity index (χ3v) is 1.78. The van der Waals surface area contributed by atoms with Crippen molar-refractivity contribution in [2.45, 2.75) is 13.8 Å². The van der Waals surface area contributed by atoms with Gasteiger partial charge in [-0.2, -0.15) is 0 Å². The lowest BCUT2D eigenvalue weighted by molar-refractivity contribution is -0.118. The van der Waals surface area contributed by atoms with Gasteiger partial charge in [-0.3, -0.25) is 4.79 Å². The highest BCUT2D eigenvalue weighted by molar-refractivity contribution is 5.92.